The average Bonchev–Trinajstić information content (AvgIpc) is 2.58. The number of cyclic esters (lactones) is 1. The number of hydrogen-bond donors (Lipinski definition) is 0. The standard InChI is InChI=1S/C14H16O5/c1-10(15)17-9-14(11-7-5-4-6-8-11)12(16)18-13(2,3)19-14/h4-8H,9H2,1-3H3/t14-/m0/s1. The smallest absolute Gasteiger partial charge is 0.349 e. The van der Waals surface area contributed by atoms with Crippen LogP contribution in [0.2, 0.25) is 0 Å². The van der Waals surface area contributed by atoms with Crippen molar-refractivity contribution in [1.82, 2.24) is 0 Å². The summed E-state index contributed by atoms with van der Waals surface area (Å²) < 4.78 is 15.9. The third kappa shape index (κ3) is 2.61. The summed E-state index contributed by atoms with van der Waals surface area (Å²) in [7, 11) is 0. The van der Waals surface area contributed by atoms with Crippen LogP contribution in [0.3, 0.4) is 0 Å². The lowest BCUT2D eigenvalue weighted by Crippen LogP contribution is -2.40. The molecule has 19 heavy (non-hydrogen) atoms. The SMILES string of the molecule is CC(=O)OC[C@@]1(c2ccccc2)OC(C)(C)OC1=O. The fourth-order valence-electron chi connectivity index (χ4n) is 2.05. The molecule has 1 fully saturated rings. The number of ether oxygens (including phenoxy) is 3. The zero-order valence-electron chi connectivity index (χ0n) is 11.1. The van der Waals surface area contributed by atoms with Crippen LogP contribution < -0.4 is 0 Å². The van der Waals surface area contributed by atoms with E-state index in [9.17, 15) is 9.59 Å². The molecule has 1 aromatic rings. The van der Waals surface area contributed by atoms with Gasteiger partial charge in [0.1, 0.15) is 6.61 Å². The maximum atomic E-state index is 12.2. The van der Waals surface area contributed by atoms with Gasteiger partial charge in [0.25, 0.3) is 0 Å². The number of rotatable bonds is 3. The minimum absolute atomic E-state index is 0.200. The molecule has 1 saturated heterocycles. The molecule has 102 valence electrons. The van der Waals surface area contributed by atoms with Crippen LogP contribution in [0.15, 0.2) is 30.3 Å². The predicted molar refractivity (Wildman–Crippen MR) is 66.0 cm³/mol. The molecular formula is C14H16O5. The Hall–Kier alpha value is -1.88. The van der Waals surface area contributed by atoms with Crippen molar-refractivity contribution in [3.8, 4) is 0 Å². The summed E-state index contributed by atoms with van der Waals surface area (Å²) in [5.74, 6) is -2.08. The molecule has 1 atom stereocenters. The van der Waals surface area contributed by atoms with Gasteiger partial charge in [-0.1, -0.05) is 30.3 Å². The minimum atomic E-state index is -1.39. The molecule has 0 aliphatic carbocycles. The molecule has 0 bridgehead atoms. The second kappa shape index (κ2) is 4.66. The lowest BCUT2D eigenvalue weighted by atomic mass is 9.95. The molecule has 0 N–H and O–H groups in total. The van der Waals surface area contributed by atoms with Crippen molar-refractivity contribution in [3.05, 3.63) is 35.9 Å². The maximum Gasteiger partial charge on any atom is 0.349 e. The lowest BCUT2D eigenvalue weighted by molar-refractivity contribution is -0.181. The monoisotopic (exact) mass is 264 g/mol. The van der Waals surface area contributed by atoms with Crippen molar-refractivity contribution in [2.45, 2.75) is 32.2 Å². The number of carbonyl (C=O) groups excluding carboxylic acids is 2. The Morgan fingerprint density at radius 1 is 1.26 bits per heavy atom. The van der Waals surface area contributed by atoms with E-state index in [4.69, 9.17) is 14.2 Å². The largest absolute Gasteiger partial charge is 0.462 e. The highest BCUT2D eigenvalue weighted by atomic mass is 16.8. The lowest BCUT2D eigenvalue weighted by Gasteiger charge is -2.26. The Morgan fingerprint density at radius 3 is 2.37 bits per heavy atom. The quantitative estimate of drug-likeness (QED) is 0.778. The molecule has 2 rings (SSSR count). The molecule has 1 heterocycles. The summed E-state index contributed by atoms with van der Waals surface area (Å²) in [6.45, 7) is 4.37. The second-order valence-corrected chi connectivity index (χ2v) is 4.86. The molecule has 0 amide bonds. The van der Waals surface area contributed by atoms with Crippen LogP contribution in [0.5, 0.6) is 0 Å². The predicted octanol–water partition coefficient (Wildman–Crippen LogP) is 1.75. The first-order valence-electron chi connectivity index (χ1n) is 5.98. The summed E-state index contributed by atoms with van der Waals surface area (Å²) in [4.78, 5) is 23.2. The molecule has 0 spiro atoms. The van der Waals surface area contributed by atoms with Crippen LogP contribution in [-0.4, -0.2) is 24.3 Å². The van der Waals surface area contributed by atoms with Crippen molar-refractivity contribution >= 4 is 11.9 Å². The fraction of sp³-hybridized carbons (Fsp3) is 0.429. The molecular weight excluding hydrogens is 248 g/mol. The van der Waals surface area contributed by atoms with Gasteiger partial charge in [0.2, 0.25) is 11.4 Å². The number of benzene rings is 1. The van der Waals surface area contributed by atoms with Crippen LogP contribution >= 0.6 is 0 Å². The summed E-state index contributed by atoms with van der Waals surface area (Å²) in [6.07, 6.45) is 0. The normalized spacial score (nSPS) is 24.9. The molecule has 0 aromatic heterocycles. The van der Waals surface area contributed by atoms with E-state index in [-0.39, 0.29) is 6.61 Å². The Balaban J connectivity index is 2.40. The van der Waals surface area contributed by atoms with E-state index < -0.39 is 23.3 Å². The van der Waals surface area contributed by atoms with Crippen molar-refractivity contribution in [1.29, 1.82) is 0 Å². The van der Waals surface area contributed by atoms with Gasteiger partial charge in [-0.3, -0.25) is 4.79 Å². The van der Waals surface area contributed by atoms with Crippen molar-refractivity contribution in [2.75, 3.05) is 6.61 Å². The van der Waals surface area contributed by atoms with Crippen LogP contribution in [0.4, 0.5) is 0 Å². The van der Waals surface area contributed by atoms with Gasteiger partial charge in [-0.15, -0.1) is 0 Å². The van der Waals surface area contributed by atoms with E-state index in [2.05, 4.69) is 0 Å². The minimum Gasteiger partial charge on any atom is -0.462 e. The van der Waals surface area contributed by atoms with Crippen molar-refractivity contribution in [3.63, 3.8) is 0 Å². The highest BCUT2D eigenvalue weighted by molar-refractivity contribution is 5.84. The van der Waals surface area contributed by atoms with Crippen LogP contribution in [0.1, 0.15) is 26.3 Å². The van der Waals surface area contributed by atoms with E-state index in [1.807, 2.05) is 6.07 Å². The van der Waals surface area contributed by atoms with Gasteiger partial charge >= 0.3 is 11.9 Å². The van der Waals surface area contributed by atoms with Gasteiger partial charge in [-0.2, -0.15) is 0 Å². The summed E-state index contributed by atoms with van der Waals surface area (Å²) in [5, 5.41) is 0. The molecule has 0 unspecified atom stereocenters. The zero-order valence-corrected chi connectivity index (χ0v) is 11.1. The number of carbonyl (C=O) groups is 2. The van der Waals surface area contributed by atoms with E-state index in [1.54, 1.807) is 38.1 Å². The highest BCUT2D eigenvalue weighted by Gasteiger charge is 2.56. The van der Waals surface area contributed by atoms with Gasteiger partial charge < -0.3 is 14.2 Å². The molecule has 1 aromatic carbocycles. The number of esters is 2. The second-order valence-electron chi connectivity index (χ2n) is 4.86. The molecule has 0 radical (unpaired) electrons. The first kappa shape index (κ1) is 13.5. The maximum absolute atomic E-state index is 12.2. The molecule has 1 aliphatic rings. The van der Waals surface area contributed by atoms with Gasteiger partial charge in [-0.05, 0) is 5.56 Å². The topological polar surface area (TPSA) is 61.8 Å². The van der Waals surface area contributed by atoms with Crippen LogP contribution in [0, 0.1) is 0 Å². The Bertz CT molecular complexity index is 494. The van der Waals surface area contributed by atoms with Gasteiger partial charge in [0.05, 0.1) is 0 Å². The summed E-state index contributed by atoms with van der Waals surface area (Å²) in [6, 6.07) is 8.88. The first-order chi connectivity index (χ1) is 8.86. The Labute approximate surface area is 111 Å². The van der Waals surface area contributed by atoms with E-state index in [0.29, 0.717) is 5.56 Å². The number of hydrogen-bond acceptors (Lipinski definition) is 5. The average molecular weight is 264 g/mol. The summed E-state index contributed by atoms with van der Waals surface area (Å²) in [5.41, 5.74) is -0.789. The molecule has 5 nitrogen and oxygen atoms in total. The third-order valence-corrected chi connectivity index (χ3v) is 2.81. The zero-order chi connectivity index (χ0) is 14.1. The molecule has 1 aliphatic heterocycles. The van der Waals surface area contributed by atoms with Crippen molar-refractivity contribution < 1.29 is 23.8 Å². The highest BCUT2D eigenvalue weighted by Crippen LogP contribution is 2.40. The fourth-order valence-corrected chi connectivity index (χ4v) is 2.05. The van der Waals surface area contributed by atoms with Crippen LogP contribution in [-0.2, 0) is 29.4 Å². The van der Waals surface area contributed by atoms with E-state index in [0.717, 1.165) is 0 Å². The van der Waals surface area contributed by atoms with Crippen molar-refractivity contribution in [2.24, 2.45) is 0 Å². The Kier molecular flexibility index (Phi) is 3.32. The summed E-state index contributed by atoms with van der Waals surface area (Å²) >= 11 is 0. The first-order valence-corrected chi connectivity index (χ1v) is 5.98. The third-order valence-electron chi connectivity index (χ3n) is 2.81. The van der Waals surface area contributed by atoms with Crippen LogP contribution in [0.25, 0.3) is 0 Å². The Morgan fingerprint density at radius 2 is 1.89 bits per heavy atom. The van der Waals surface area contributed by atoms with Gasteiger partial charge in [0.15, 0.2) is 0 Å². The van der Waals surface area contributed by atoms with E-state index in [1.165, 1.54) is 6.92 Å². The van der Waals surface area contributed by atoms with E-state index >= 15 is 0 Å². The van der Waals surface area contributed by atoms with Gasteiger partial charge in [0, 0.05) is 20.8 Å². The van der Waals surface area contributed by atoms with Gasteiger partial charge in [-0.25, -0.2) is 4.79 Å². The molecule has 5 heteroatoms. The molecule has 0 saturated carbocycles.